The fraction of sp³-hybridized carbons (Fsp3) is 0.261. The lowest BCUT2D eigenvalue weighted by Crippen LogP contribution is -2.33. The van der Waals surface area contributed by atoms with E-state index in [0.717, 1.165) is 11.1 Å². The van der Waals surface area contributed by atoms with Crippen LogP contribution in [0.2, 0.25) is 0 Å². The van der Waals surface area contributed by atoms with Crippen molar-refractivity contribution in [1.82, 2.24) is 0 Å². The van der Waals surface area contributed by atoms with Gasteiger partial charge < -0.3 is 5.32 Å². The SMILES string of the molecule is CC1=CC[C@H]2C(=O)N(c3ccccc3C(=O)Nc3ccc(C)cc3)C(=O)[C@H]2C1. The standard InChI is InChI=1S/C23H22N2O3/c1-14-7-10-16(11-8-14)24-21(26)18-5-3-4-6-20(18)25-22(27)17-12-9-15(2)13-19(17)23(25)28/h3-11,17,19H,12-13H2,1-2H3,(H,24,26)/t17-,19+/m1/s1. The van der Waals surface area contributed by atoms with Gasteiger partial charge in [0, 0.05) is 5.69 Å². The summed E-state index contributed by atoms with van der Waals surface area (Å²) < 4.78 is 0. The molecule has 1 heterocycles. The monoisotopic (exact) mass is 374 g/mol. The number of allylic oxidation sites excluding steroid dienone is 2. The van der Waals surface area contributed by atoms with Gasteiger partial charge in [-0.3, -0.25) is 14.4 Å². The molecule has 0 radical (unpaired) electrons. The van der Waals surface area contributed by atoms with E-state index >= 15 is 0 Å². The Labute approximate surface area is 164 Å². The fourth-order valence-corrected chi connectivity index (χ4v) is 3.97. The molecule has 2 aromatic rings. The molecule has 0 unspecified atom stereocenters. The van der Waals surface area contributed by atoms with Crippen molar-refractivity contribution >= 4 is 29.1 Å². The molecule has 2 atom stereocenters. The predicted molar refractivity (Wildman–Crippen MR) is 108 cm³/mol. The van der Waals surface area contributed by atoms with Crippen LogP contribution in [-0.2, 0) is 9.59 Å². The number of anilines is 2. The van der Waals surface area contributed by atoms with Gasteiger partial charge in [-0.1, -0.05) is 41.5 Å². The summed E-state index contributed by atoms with van der Waals surface area (Å²) in [6.45, 7) is 3.96. The summed E-state index contributed by atoms with van der Waals surface area (Å²) in [7, 11) is 0. The predicted octanol–water partition coefficient (Wildman–Crippen LogP) is 4.09. The molecule has 3 amide bonds. The first kappa shape index (κ1) is 18.2. The Bertz CT molecular complexity index is 991. The van der Waals surface area contributed by atoms with Gasteiger partial charge in [-0.05, 0) is 51.0 Å². The number of aryl methyl sites for hydroxylation is 1. The van der Waals surface area contributed by atoms with E-state index in [4.69, 9.17) is 0 Å². The minimum atomic E-state index is -0.343. The molecule has 1 aliphatic heterocycles. The van der Waals surface area contributed by atoms with Gasteiger partial charge in [0.25, 0.3) is 5.91 Å². The first-order chi connectivity index (χ1) is 13.5. The third kappa shape index (κ3) is 3.13. The molecule has 1 saturated heterocycles. The normalized spacial score (nSPS) is 21.4. The Morgan fingerprint density at radius 2 is 1.64 bits per heavy atom. The van der Waals surface area contributed by atoms with Crippen LogP contribution in [0.5, 0.6) is 0 Å². The first-order valence-corrected chi connectivity index (χ1v) is 9.46. The van der Waals surface area contributed by atoms with E-state index in [1.54, 1.807) is 24.3 Å². The van der Waals surface area contributed by atoms with Gasteiger partial charge in [0.1, 0.15) is 0 Å². The molecule has 1 N–H and O–H groups in total. The van der Waals surface area contributed by atoms with Crippen LogP contribution in [0.25, 0.3) is 0 Å². The van der Waals surface area contributed by atoms with E-state index in [1.807, 2.05) is 44.2 Å². The van der Waals surface area contributed by atoms with E-state index < -0.39 is 0 Å². The number of carbonyl (C=O) groups is 3. The third-order valence-corrected chi connectivity index (χ3v) is 5.52. The second-order valence-corrected chi connectivity index (χ2v) is 7.55. The number of amides is 3. The molecule has 0 aromatic heterocycles. The van der Waals surface area contributed by atoms with Crippen molar-refractivity contribution in [1.29, 1.82) is 0 Å². The van der Waals surface area contributed by atoms with E-state index in [2.05, 4.69) is 5.32 Å². The third-order valence-electron chi connectivity index (χ3n) is 5.52. The number of nitrogens with zero attached hydrogens (tertiary/aromatic N) is 1. The van der Waals surface area contributed by atoms with Gasteiger partial charge in [0.2, 0.25) is 11.8 Å². The van der Waals surface area contributed by atoms with Crippen LogP contribution in [0.4, 0.5) is 11.4 Å². The molecule has 5 nitrogen and oxygen atoms in total. The zero-order valence-electron chi connectivity index (χ0n) is 15.9. The van der Waals surface area contributed by atoms with Crippen molar-refractivity contribution in [2.24, 2.45) is 11.8 Å². The van der Waals surface area contributed by atoms with Gasteiger partial charge in [0.15, 0.2) is 0 Å². The smallest absolute Gasteiger partial charge is 0.257 e. The lowest BCUT2D eigenvalue weighted by molar-refractivity contribution is -0.122. The molecular formula is C23H22N2O3. The summed E-state index contributed by atoms with van der Waals surface area (Å²) >= 11 is 0. The number of para-hydroxylation sites is 1. The first-order valence-electron chi connectivity index (χ1n) is 9.46. The van der Waals surface area contributed by atoms with Crippen molar-refractivity contribution in [3.05, 3.63) is 71.3 Å². The van der Waals surface area contributed by atoms with Gasteiger partial charge in [0.05, 0.1) is 23.1 Å². The second-order valence-electron chi connectivity index (χ2n) is 7.55. The minimum Gasteiger partial charge on any atom is -0.322 e. The van der Waals surface area contributed by atoms with E-state index in [9.17, 15) is 14.4 Å². The topological polar surface area (TPSA) is 66.5 Å². The van der Waals surface area contributed by atoms with Gasteiger partial charge in [-0.15, -0.1) is 0 Å². The number of hydrogen-bond donors (Lipinski definition) is 1. The van der Waals surface area contributed by atoms with E-state index in [-0.39, 0.29) is 29.6 Å². The quantitative estimate of drug-likeness (QED) is 0.650. The number of hydrogen-bond acceptors (Lipinski definition) is 3. The summed E-state index contributed by atoms with van der Waals surface area (Å²) in [4.78, 5) is 40.1. The molecule has 28 heavy (non-hydrogen) atoms. The maximum absolute atomic E-state index is 13.0. The maximum atomic E-state index is 13.0. The Balaban J connectivity index is 1.65. The van der Waals surface area contributed by atoms with Crippen LogP contribution in [-0.4, -0.2) is 17.7 Å². The molecule has 4 rings (SSSR count). The van der Waals surface area contributed by atoms with E-state index in [1.165, 1.54) is 4.90 Å². The summed E-state index contributed by atoms with van der Waals surface area (Å²) in [5.41, 5.74) is 3.56. The molecule has 0 bridgehead atoms. The summed E-state index contributed by atoms with van der Waals surface area (Å²) in [5, 5.41) is 2.85. The molecule has 5 heteroatoms. The Morgan fingerprint density at radius 3 is 2.39 bits per heavy atom. The van der Waals surface area contributed by atoms with Crippen LogP contribution >= 0.6 is 0 Å². The minimum absolute atomic E-state index is 0.210. The van der Waals surface area contributed by atoms with Crippen LogP contribution < -0.4 is 10.2 Å². The van der Waals surface area contributed by atoms with Crippen LogP contribution in [0.15, 0.2) is 60.2 Å². The molecular weight excluding hydrogens is 352 g/mol. The molecule has 142 valence electrons. The van der Waals surface area contributed by atoms with Gasteiger partial charge in [-0.25, -0.2) is 4.90 Å². The van der Waals surface area contributed by atoms with E-state index in [0.29, 0.717) is 29.8 Å². The lowest BCUT2D eigenvalue weighted by atomic mass is 9.82. The summed E-state index contributed by atoms with van der Waals surface area (Å²) in [6, 6.07) is 14.3. The summed E-state index contributed by atoms with van der Waals surface area (Å²) in [5.74, 6) is -1.42. The molecule has 0 saturated carbocycles. The Hall–Kier alpha value is -3.21. The van der Waals surface area contributed by atoms with Crippen molar-refractivity contribution in [2.45, 2.75) is 26.7 Å². The average molecular weight is 374 g/mol. The Kier molecular flexibility index (Phi) is 4.59. The molecule has 2 aliphatic rings. The number of benzene rings is 2. The highest BCUT2D eigenvalue weighted by atomic mass is 16.2. The average Bonchev–Trinajstić information content (AvgIpc) is 2.93. The number of rotatable bonds is 3. The van der Waals surface area contributed by atoms with Crippen molar-refractivity contribution < 1.29 is 14.4 Å². The molecule has 1 fully saturated rings. The second kappa shape index (κ2) is 7.08. The fourth-order valence-electron chi connectivity index (χ4n) is 3.97. The maximum Gasteiger partial charge on any atom is 0.257 e. The number of imide groups is 1. The summed E-state index contributed by atoms with van der Waals surface area (Å²) in [6.07, 6.45) is 3.21. The highest BCUT2D eigenvalue weighted by Crippen LogP contribution is 2.40. The molecule has 1 aliphatic carbocycles. The Morgan fingerprint density at radius 1 is 0.964 bits per heavy atom. The zero-order chi connectivity index (χ0) is 19.8. The highest BCUT2D eigenvalue weighted by molar-refractivity contribution is 6.25. The van der Waals surface area contributed by atoms with Crippen LogP contribution in [0, 0.1) is 18.8 Å². The highest BCUT2D eigenvalue weighted by Gasteiger charge is 2.49. The lowest BCUT2D eigenvalue weighted by Gasteiger charge is -2.19. The number of carbonyl (C=O) groups excluding carboxylic acids is 3. The largest absolute Gasteiger partial charge is 0.322 e. The van der Waals surface area contributed by atoms with Crippen LogP contribution in [0.3, 0.4) is 0 Å². The molecule has 2 aromatic carbocycles. The molecule has 0 spiro atoms. The van der Waals surface area contributed by atoms with Gasteiger partial charge in [-0.2, -0.15) is 0 Å². The number of fused-ring (bicyclic) bond motifs is 1. The van der Waals surface area contributed by atoms with Crippen LogP contribution in [0.1, 0.15) is 35.7 Å². The van der Waals surface area contributed by atoms with Crippen molar-refractivity contribution in [2.75, 3.05) is 10.2 Å². The van der Waals surface area contributed by atoms with Gasteiger partial charge >= 0.3 is 0 Å². The number of nitrogens with one attached hydrogen (secondary N) is 1. The zero-order valence-corrected chi connectivity index (χ0v) is 15.9. The van der Waals surface area contributed by atoms with Crippen molar-refractivity contribution in [3.63, 3.8) is 0 Å². The van der Waals surface area contributed by atoms with Crippen molar-refractivity contribution in [3.8, 4) is 0 Å².